The summed E-state index contributed by atoms with van der Waals surface area (Å²) in [7, 11) is 0. The lowest BCUT2D eigenvalue weighted by Crippen LogP contribution is -2.51. The molecule has 0 bridgehead atoms. The molecule has 19 heavy (non-hydrogen) atoms. The lowest BCUT2D eigenvalue weighted by molar-refractivity contribution is 0.0583. The highest BCUT2D eigenvalue weighted by Crippen LogP contribution is 2.23. The summed E-state index contributed by atoms with van der Waals surface area (Å²) in [6.07, 6.45) is 3.07. The molecule has 1 amide bonds. The largest absolute Gasteiger partial charge is 0.334 e. The van der Waals surface area contributed by atoms with Crippen LogP contribution in [0.1, 0.15) is 42.1 Å². The zero-order chi connectivity index (χ0) is 14.0. The molecule has 0 aliphatic carbocycles. The number of carbonyl (C=O) groups is 1. The molecule has 2 N–H and O–H groups in total. The van der Waals surface area contributed by atoms with Crippen molar-refractivity contribution in [3.05, 3.63) is 35.1 Å². The molecule has 0 aromatic heterocycles. The average Bonchev–Trinajstić information content (AvgIpc) is 2.38. The van der Waals surface area contributed by atoms with Gasteiger partial charge in [0.1, 0.15) is 5.82 Å². The molecule has 2 rings (SSSR count). The first kappa shape index (κ1) is 14.0. The molecule has 4 heteroatoms. The monoisotopic (exact) mass is 264 g/mol. The van der Waals surface area contributed by atoms with Crippen molar-refractivity contribution in [3.8, 4) is 0 Å². The number of benzene rings is 1. The Morgan fingerprint density at radius 1 is 1.47 bits per heavy atom. The topological polar surface area (TPSA) is 46.3 Å². The van der Waals surface area contributed by atoms with Gasteiger partial charge >= 0.3 is 0 Å². The van der Waals surface area contributed by atoms with Crippen molar-refractivity contribution in [1.29, 1.82) is 0 Å². The molecular formula is C15H21FN2O. The summed E-state index contributed by atoms with van der Waals surface area (Å²) in [6, 6.07) is 4.36. The van der Waals surface area contributed by atoms with Gasteiger partial charge in [-0.25, -0.2) is 4.39 Å². The highest BCUT2D eigenvalue weighted by Gasteiger charge is 2.30. The normalized spacial score (nSPS) is 21.3. The van der Waals surface area contributed by atoms with Gasteiger partial charge < -0.3 is 10.6 Å². The summed E-state index contributed by atoms with van der Waals surface area (Å²) in [5.41, 5.74) is 7.24. The van der Waals surface area contributed by atoms with Gasteiger partial charge in [-0.1, -0.05) is 0 Å². The van der Waals surface area contributed by atoms with Gasteiger partial charge in [0.05, 0.1) is 0 Å². The van der Waals surface area contributed by atoms with Crippen LogP contribution in [0.15, 0.2) is 18.2 Å². The number of nitrogens with zero attached hydrogens (tertiary/aromatic N) is 1. The number of halogens is 1. The molecule has 0 spiro atoms. The van der Waals surface area contributed by atoms with Crippen LogP contribution in [0.2, 0.25) is 0 Å². The summed E-state index contributed by atoms with van der Waals surface area (Å²) in [6.45, 7) is 4.44. The summed E-state index contributed by atoms with van der Waals surface area (Å²) in [4.78, 5) is 14.5. The van der Waals surface area contributed by atoms with Gasteiger partial charge in [0, 0.05) is 24.2 Å². The van der Waals surface area contributed by atoms with Crippen LogP contribution >= 0.6 is 0 Å². The van der Waals surface area contributed by atoms with E-state index in [0.29, 0.717) is 11.1 Å². The van der Waals surface area contributed by atoms with Gasteiger partial charge in [-0.05, 0) is 56.9 Å². The summed E-state index contributed by atoms with van der Waals surface area (Å²) >= 11 is 0. The quantitative estimate of drug-likeness (QED) is 0.892. The average molecular weight is 264 g/mol. The molecule has 1 aromatic carbocycles. The van der Waals surface area contributed by atoms with Gasteiger partial charge in [-0.3, -0.25) is 4.79 Å². The van der Waals surface area contributed by atoms with Crippen LogP contribution in [-0.4, -0.2) is 29.4 Å². The Balaban J connectivity index is 2.26. The number of nitrogens with two attached hydrogens (primary N) is 1. The molecule has 0 saturated carbocycles. The first-order chi connectivity index (χ1) is 9.00. The van der Waals surface area contributed by atoms with Gasteiger partial charge in [0.15, 0.2) is 0 Å². The third kappa shape index (κ3) is 2.95. The number of hydrogen-bond donors (Lipinski definition) is 1. The van der Waals surface area contributed by atoms with Gasteiger partial charge in [0.25, 0.3) is 5.91 Å². The highest BCUT2D eigenvalue weighted by molar-refractivity contribution is 5.96. The summed E-state index contributed by atoms with van der Waals surface area (Å²) in [5, 5.41) is 0. The molecule has 104 valence electrons. The Morgan fingerprint density at radius 2 is 2.21 bits per heavy atom. The smallest absolute Gasteiger partial charge is 0.254 e. The maximum atomic E-state index is 13.1. The maximum absolute atomic E-state index is 13.1. The third-order valence-electron chi connectivity index (χ3n) is 3.84. The summed E-state index contributed by atoms with van der Waals surface area (Å²) in [5.74, 6) is -0.337. The molecule has 0 radical (unpaired) electrons. The second kappa shape index (κ2) is 5.70. The van der Waals surface area contributed by atoms with Gasteiger partial charge in [0.2, 0.25) is 0 Å². The number of likely N-dealkylation sites (tertiary alicyclic amines) is 1. The van der Waals surface area contributed by atoms with Crippen LogP contribution in [0.5, 0.6) is 0 Å². The minimum atomic E-state index is -0.309. The van der Waals surface area contributed by atoms with Crippen LogP contribution in [0.3, 0.4) is 0 Å². The molecule has 3 nitrogen and oxygen atoms in total. The first-order valence-electron chi connectivity index (χ1n) is 6.83. The predicted molar refractivity (Wildman–Crippen MR) is 73.5 cm³/mol. The fourth-order valence-electron chi connectivity index (χ4n) is 2.78. The van der Waals surface area contributed by atoms with Crippen LogP contribution in [0.25, 0.3) is 0 Å². The third-order valence-corrected chi connectivity index (χ3v) is 3.84. The molecule has 1 heterocycles. The Labute approximate surface area is 113 Å². The second-order valence-electron chi connectivity index (χ2n) is 5.38. The molecule has 1 aliphatic heterocycles. The predicted octanol–water partition coefficient (Wildman–Crippen LogP) is 2.48. The molecule has 2 atom stereocenters. The van der Waals surface area contributed by atoms with E-state index < -0.39 is 0 Å². The number of rotatable bonds is 2. The summed E-state index contributed by atoms with van der Waals surface area (Å²) < 4.78 is 13.1. The van der Waals surface area contributed by atoms with E-state index >= 15 is 0 Å². The first-order valence-corrected chi connectivity index (χ1v) is 6.83. The number of piperidine rings is 1. The van der Waals surface area contributed by atoms with Crippen molar-refractivity contribution >= 4 is 5.91 Å². The standard InChI is InChI=1S/C15H21FN2O/c1-10-9-12(16)6-7-13(10)15(19)18-8-4-3-5-14(18)11(2)17/h6-7,9,11,14H,3-5,8,17H2,1-2H3. The lowest BCUT2D eigenvalue weighted by Gasteiger charge is -2.38. The van der Waals surface area contributed by atoms with Crippen molar-refractivity contribution in [2.24, 2.45) is 5.73 Å². The van der Waals surface area contributed by atoms with E-state index in [4.69, 9.17) is 5.73 Å². The van der Waals surface area contributed by atoms with Crippen molar-refractivity contribution < 1.29 is 9.18 Å². The van der Waals surface area contributed by atoms with Crippen molar-refractivity contribution in [1.82, 2.24) is 4.90 Å². The number of aryl methyl sites for hydroxylation is 1. The van der Waals surface area contributed by atoms with Crippen LogP contribution in [0.4, 0.5) is 4.39 Å². The number of hydrogen-bond acceptors (Lipinski definition) is 2. The van der Waals surface area contributed by atoms with E-state index in [1.54, 1.807) is 13.0 Å². The van der Waals surface area contributed by atoms with E-state index in [1.165, 1.54) is 12.1 Å². The Bertz CT molecular complexity index is 473. The zero-order valence-electron chi connectivity index (χ0n) is 11.5. The van der Waals surface area contributed by atoms with Gasteiger partial charge in [-0.15, -0.1) is 0 Å². The van der Waals surface area contributed by atoms with Crippen LogP contribution in [0, 0.1) is 12.7 Å². The Hall–Kier alpha value is -1.42. The fourth-order valence-corrected chi connectivity index (χ4v) is 2.78. The Morgan fingerprint density at radius 3 is 2.84 bits per heavy atom. The van der Waals surface area contributed by atoms with E-state index in [0.717, 1.165) is 25.8 Å². The minimum absolute atomic E-state index is 0.0282. The van der Waals surface area contributed by atoms with E-state index in [1.807, 2.05) is 11.8 Å². The van der Waals surface area contributed by atoms with E-state index in [-0.39, 0.29) is 23.8 Å². The lowest BCUT2D eigenvalue weighted by atomic mass is 9.95. The second-order valence-corrected chi connectivity index (χ2v) is 5.38. The van der Waals surface area contributed by atoms with E-state index in [9.17, 15) is 9.18 Å². The zero-order valence-corrected chi connectivity index (χ0v) is 11.5. The molecular weight excluding hydrogens is 243 g/mol. The Kier molecular flexibility index (Phi) is 4.20. The molecule has 2 unspecified atom stereocenters. The van der Waals surface area contributed by atoms with Crippen molar-refractivity contribution in [2.45, 2.75) is 45.2 Å². The molecule has 1 aliphatic rings. The van der Waals surface area contributed by atoms with Crippen molar-refractivity contribution in [3.63, 3.8) is 0 Å². The molecule has 1 fully saturated rings. The van der Waals surface area contributed by atoms with Crippen molar-refractivity contribution in [2.75, 3.05) is 6.54 Å². The highest BCUT2D eigenvalue weighted by atomic mass is 19.1. The molecule has 1 saturated heterocycles. The van der Waals surface area contributed by atoms with Crippen LogP contribution in [-0.2, 0) is 0 Å². The van der Waals surface area contributed by atoms with E-state index in [2.05, 4.69) is 0 Å². The fraction of sp³-hybridized carbons (Fsp3) is 0.533. The molecule has 1 aromatic rings. The number of amides is 1. The SMILES string of the molecule is Cc1cc(F)ccc1C(=O)N1CCCCC1C(C)N. The number of carbonyl (C=O) groups excluding carboxylic acids is 1. The minimum Gasteiger partial charge on any atom is -0.334 e. The van der Waals surface area contributed by atoms with Gasteiger partial charge in [-0.2, -0.15) is 0 Å². The maximum Gasteiger partial charge on any atom is 0.254 e. The van der Waals surface area contributed by atoms with Crippen LogP contribution < -0.4 is 5.73 Å².